The van der Waals surface area contributed by atoms with Crippen LogP contribution in [0.25, 0.3) is 0 Å². The van der Waals surface area contributed by atoms with Gasteiger partial charge in [0, 0.05) is 18.4 Å². The minimum atomic E-state index is -3.58. The molecule has 1 atom stereocenters. The quantitative estimate of drug-likeness (QED) is 0.612. The van der Waals surface area contributed by atoms with Gasteiger partial charge < -0.3 is 5.32 Å². The molecule has 0 heterocycles. The molecule has 1 aromatic rings. The molecule has 1 amide bonds. The molecule has 136 valence electrons. The second-order valence-electron chi connectivity index (χ2n) is 5.81. The van der Waals surface area contributed by atoms with Crippen LogP contribution < -0.4 is 10.0 Å². The van der Waals surface area contributed by atoms with Crippen LogP contribution in [0.2, 0.25) is 0 Å². The van der Waals surface area contributed by atoms with E-state index in [1.165, 1.54) is 24.8 Å². The predicted molar refractivity (Wildman–Crippen MR) is 101 cm³/mol. The van der Waals surface area contributed by atoms with Crippen LogP contribution in [0.4, 0.5) is 5.69 Å². The molecule has 0 bridgehead atoms. The van der Waals surface area contributed by atoms with Crippen molar-refractivity contribution in [1.82, 2.24) is 4.72 Å². The van der Waals surface area contributed by atoms with E-state index >= 15 is 0 Å². The summed E-state index contributed by atoms with van der Waals surface area (Å²) in [6.45, 7) is 6.06. The molecule has 0 unspecified atom stereocenters. The second kappa shape index (κ2) is 10.1. The zero-order valence-corrected chi connectivity index (χ0v) is 16.5. The Morgan fingerprint density at radius 2 is 2.00 bits per heavy atom. The van der Waals surface area contributed by atoms with Gasteiger partial charge in [-0.2, -0.15) is 0 Å². The zero-order chi connectivity index (χ0) is 18.2. The maximum Gasteiger partial charge on any atom is 0.240 e. The largest absolute Gasteiger partial charge is 0.325 e. The Labute approximate surface area is 150 Å². The third kappa shape index (κ3) is 6.45. The predicted octanol–water partition coefficient (Wildman–Crippen LogP) is 3.86. The van der Waals surface area contributed by atoms with Crippen molar-refractivity contribution in [1.29, 1.82) is 0 Å². The summed E-state index contributed by atoms with van der Waals surface area (Å²) in [4.78, 5) is 12.3. The summed E-state index contributed by atoms with van der Waals surface area (Å²) in [6, 6.07) is 4.81. The Bertz CT molecular complexity index is 645. The Morgan fingerprint density at radius 3 is 2.54 bits per heavy atom. The number of thioether (sulfide) groups is 1. The SMILES string of the molecule is CCCC[C@@H](CC)CNS(=O)(=O)c1ccc(SC)c(NC(C)=O)c1. The number of anilines is 1. The highest BCUT2D eigenvalue weighted by molar-refractivity contribution is 7.98. The van der Waals surface area contributed by atoms with Gasteiger partial charge in [0.1, 0.15) is 0 Å². The average molecular weight is 373 g/mol. The van der Waals surface area contributed by atoms with Crippen LogP contribution in [0, 0.1) is 5.92 Å². The zero-order valence-electron chi connectivity index (χ0n) is 14.9. The van der Waals surface area contributed by atoms with Gasteiger partial charge >= 0.3 is 0 Å². The topological polar surface area (TPSA) is 75.3 Å². The van der Waals surface area contributed by atoms with E-state index in [2.05, 4.69) is 23.9 Å². The molecule has 0 spiro atoms. The molecule has 2 N–H and O–H groups in total. The van der Waals surface area contributed by atoms with Crippen LogP contribution >= 0.6 is 11.8 Å². The third-order valence-corrected chi connectivity index (χ3v) is 6.11. The van der Waals surface area contributed by atoms with Crippen molar-refractivity contribution in [3.05, 3.63) is 18.2 Å². The number of rotatable bonds is 10. The first-order valence-corrected chi connectivity index (χ1v) is 11.0. The highest BCUT2D eigenvalue weighted by atomic mass is 32.2. The van der Waals surface area contributed by atoms with Gasteiger partial charge in [-0.3, -0.25) is 4.79 Å². The van der Waals surface area contributed by atoms with E-state index in [9.17, 15) is 13.2 Å². The first-order chi connectivity index (χ1) is 11.3. The summed E-state index contributed by atoms with van der Waals surface area (Å²) in [5, 5.41) is 2.69. The van der Waals surface area contributed by atoms with E-state index in [1.807, 2.05) is 6.26 Å². The third-order valence-electron chi connectivity index (χ3n) is 3.90. The van der Waals surface area contributed by atoms with Gasteiger partial charge in [0.2, 0.25) is 15.9 Å². The fourth-order valence-corrected chi connectivity index (χ4v) is 4.07. The number of benzene rings is 1. The molecule has 0 aromatic heterocycles. The lowest BCUT2D eigenvalue weighted by Crippen LogP contribution is -2.29. The molecule has 5 nitrogen and oxygen atoms in total. The molecule has 0 fully saturated rings. The minimum absolute atomic E-state index is 0.175. The van der Waals surface area contributed by atoms with Gasteiger partial charge in [0.25, 0.3) is 0 Å². The van der Waals surface area contributed by atoms with Gasteiger partial charge in [0.05, 0.1) is 10.6 Å². The van der Waals surface area contributed by atoms with Crippen LogP contribution in [-0.2, 0) is 14.8 Å². The molecular weight excluding hydrogens is 344 g/mol. The van der Waals surface area contributed by atoms with Crippen LogP contribution in [0.15, 0.2) is 28.0 Å². The summed E-state index contributed by atoms with van der Waals surface area (Å²) in [7, 11) is -3.58. The maximum atomic E-state index is 12.5. The lowest BCUT2D eigenvalue weighted by atomic mass is 10.00. The van der Waals surface area contributed by atoms with Crippen molar-refractivity contribution >= 4 is 33.4 Å². The first kappa shape index (κ1) is 21.0. The summed E-state index contributed by atoms with van der Waals surface area (Å²) < 4.78 is 27.8. The Balaban J connectivity index is 2.91. The van der Waals surface area contributed by atoms with Crippen molar-refractivity contribution in [2.75, 3.05) is 18.1 Å². The van der Waals surface area contributed by atoms with Crippen molar-refractivity contribution in [2.24, 2.45) is 5.92 Å². The summed E-state index contributed by atoms with van der Waals surface area (Å²) in [5.41, 5.74) is 0.524. The normalized spacial score (nSPS) is 12.8. The van der Waals surface area contributed by atoms with E-state index in [-0.39, 0.29) is 10.8 Å². The molecule has 0 saturated carbocycles. The number of amides is 1. The number of carbonyl (C=O) groups excluding carboxylic acids is 1. The maximum absolute atomic E-state index is 12.5. The Kier molecular flexibility index (Phi) is 8.80. The second-order valence-corrected chi connectivity index (χ2v) is 8.43. The highest BCUT2D eigenvalue weighted by Crippen LogP contribution is 2.28. The Hall–Kier alpha value is -1.05. The number of carbonyl (C=O) groups is 1. The van der Waals surface area contributed by atoms with Crippen LogP contribution in [-0.4, -0.2) is 27.1 Å². The van der Waals surface area contributed by atoms with Gasteiger partial charge in [-0.25, -0.2) is 13.1 Å². The minimum Gasteiger partial charge on any atom is -0.325 e. The average Bonchev–Trinajstić information content (AvgIpc) is 2.54. The molecule has 0 aliphatic heterocycles. The first-order valence-electron chi connectivity index (χ1n) is 8.29. The summed E-state index contributed by atoms with van der Waals surface area (Å²) in [5.74, 6) is 0.124. The van der Waals surface area contributed by atoms with Crippen LogP contribution in [0.5, 0.6) is 0 Å². The van der Waals surface area contributed by atoms with E-state index in [4.69, 9.17) is 0 Å². The number of hydrogen-bond donors (Lipinski definition) is 2. The summed E-state index contributed by atoms with van der Waals surface area (Å²) in [6.07, 6.45) is 6.07. The summed E-state index contributed by atoms with van der Waals surface area (Å²) >= 11 is 1.46. The van der Waals surface area contributed by atoms with Gasteiger partial charge in [-0.05, 0) is 36.8 Å². The molecule has 0 aliphatic rings. The standard InChI is InChI=1S/C17H28N2O3S2/c1-5-7-8-14(6-2)12-18-24(21,22)15-9-10-17(23-4)16(11-15)19-13(3)20/h9-11,14,18H,5-8,12H2,1-4H3,(H,19,20)/t14-/m1/s1. The van der Waals surface area contributed by atoms with Crippen LogP contribution in [0.1, 0.15) is 46.5 Å². The fourth-order valence-electron chi connectivity index (χ4n) is 2.40. The molecule has 1 rings (SSSR count). The number of sulfonamides is 1. The molecule has 0 aliphatic carbocycles. The van der Waals surface area contributed by atoms with E-state index in [1.54, 1.807) is 12.1 Å². The Morgan fingerprint density at radius 1 is 1.29 bits per heavy atom. The molecule has 0 radical (unpaired) electrons. The monoisotopic (exact) mass is 372 g/mol. The lowest BCUT2D eigenvalue weighted by molar-refractivity contribution is -0.114. The van der Waals surface area contributed by atoms with Crippen molar-refractivity contribution in [2.45, 2.75) is 56.2 Å². The fraction of sp³-hybridized carbons (Fsp3) is 0.588. The van der Waals surface area contributed by atoms with Gasteiger partial charge in [-0.15, -0.1) is 11.8 Å². The van der Waals surface area contributed by atoms with Gasteiger partial charge in [-0.1, -0.05) is 33.1 Å². The van der Waals surface area contributed by atoms with Crippen molar-refractivity contribution < 1.29 is 13.2 Å². The van der Waals surface area contributed by atoms with Crippen molar-refractivity contribution in [3.8, 4) is 0 Å². The molecule has 0 saturated heterocycles. The lowest BCUT2D eigenvalue weighted by Gasteiger charge is -2.16. The number of hydrogen-bond acceptors (Lipinski definition) is 4. The number of nitrogens with one attached hydrogen (secondary N) is 2. The van der Waals surface area contributed by atoms with Gasteiger partial charge in [0.15, 0.2) is 0 Å². The van der Waals surface area contributed by atoms with E-state index in [0.717, 1.165) is 30.6 Å². The smallest absolute Gasteiger partial charge is 0.240 e. The molecule has 24 heavy (non-hydrogen) atoms. The molecule has 1 aromatic carbocycles. The van der Waals surface area contributed by atoms with Crippen molar-refractivity contribution in [3.63, 3.8) is 0 Å². The number of unbranched alkanes of at least 4 members (excludes halogenated alkanes) is 1. The molecule has 7 heteroatoms. The van der Waals surface area contributed by atoms with E-state index in [0.29, 0.717) is 18.2 Å². The van der Waals surface area contributed by atoms with E-state index < -0.39 is 10.0 Å². The highest BCUT2D eigenvalue weighted by Gasteiger charge is 2.18. The van der Waals surface area contributed by atoms with Crippen LogP contribution in [0.3, 0.4) is 0 Å². The molecular formula is C17H28N2O3S2.